The van der Waals surface area contributed by atoms with Gasteiger partial charge in [0.05, 0.1) is 18.7 Å². The number of ether oxygens (including phenoxy) is 1. The summed E-state index contributed by atoms with van der Waals surface area (Å²) in [7, 11) is 1.74. The van der Waals surface area contributed by atoms with Crippen LogP contribution in [-0.2, 0) is 11.8 Å². The Bertz CT molecular complexity index is 760. The fourth-order valence-electron chi connectivity index (χ4n) is 2.65. The van der Waals surface area contributed by atoms with Gasteiger partial charge in [0, 0.05) is 37.4 Å². The van der Waals surface area contributed by atoms with Crippen LogP contribution in [0.1, 0.15) is 10.4 Å². The summed E-state index contributed by atoms with van der Waals surface area (Å²) in [5.41, 5.74) is 1.00. The Morgan fingerprint density at radius 3 is 2.67 bits per heavy atom. The topological polar surface area (TPSA) is 71.8 Å². The third-order valence-electron chi connectivity index (χ3n) is 3.78. The van der Waals surface area contributed by atoms with Crippen LogP contribution in [0, 0.1) is 0 Å². The predicted octanol–water partition coefficient (Wildman–Crippen LogP) is 1.07. The Kier molecular flexibility index (Phi) is 3.39. The molecule has 0 atom stereocenters. The first-order chi connectivity index (χ1) is 10.1. The number of fused-ring (bicyclic) bond motifs is 1. The highest BCUT2D eigenvalue weighted by atomic mass is 16.5. The van der Waals surface area contributed by atoms with E-state index in [1.807, 2.05) is 12.1 Å². The summed E-state index contributed by atoms with van der Waals surface area (Å²) in [5, 5.41) is 9.56. The number of rotatable bonds is 2. The molecule has 2 aromatic rings. The van der Waals surface area contributed by atoms with Crippen molar-refractivity contribution in [2.45, 2.75) is 0 Å². The predicted molar refractivity (Wildman–Crippen MR) is 79.2 cm³/mol. The summed E-state index contributed by atoms with van der Waals surface area (Å²) in [4.78, 5) is 25.6. The maximum atomic E-state index is 12.3. The van der Waals surface area contributed by atoms with Gasteiger partial charge in [-0.2, -0.15) is 0 Å². The van der Waals surface area contributed by atoms with Gasteiger partial charge in [-0.25, -0.2) is 4.79 Å². The molecule has 0 unspecified atom stereocenters. The zero-order chi connectivity index (χ0) is 15.0. The first-order valence-corrected chi connectivity index (χ1v) is 6.77. The molecule has 6 nitrogen and oxygen atoms in total. The molecule has 0 amide bonds. The van der Waals surface area contributed by atoms with Crippen molar-refractivity contribution < 1.29 is 14.6 Å². The zero-order valence-electron chi connectivity index (χ0n) is 11.7. The highest BCUT2D eigenvalue weighted by Crippen LogP contribution is 2.21. The van der Waals surface area contributed by atoms with Crippen LogP contribution in [0.4, 0.5) is 5.69 Å². The van der Waals surface area contributed by atoms with E-state index in [1.165, 1.54) is 6.20 Å². The van der Waals surface area contributed by atoms with E-state index in [4.69, 9.17) is 9.84 Å². The SMILES string of the molecule is Cn1cc(C(=O)O)c(=O)c2cc(N3CCOCC3)ccc21. The quantitative estimate of drug-likeness (QED) is 0.895. The van der Waals surface area contributed by atoms with Crippen molar-refractivity contribution in [1.82, 2.24) is 4.57 Å². The first kappa shape index (κ1) is 13.6. The molecule has 1 aromatic carbocycles. The molecular weight excluding hydrogens is 272 g/mol. The molecule has 1 saturated heterocycles. The van der Waals surface area contributed by atoms with Gasteiger partial charge in [0.15, 0.2) is 0 Å². The molecule has 1 aliphatic rings. The molecule has 1 aromatic heterocycles. The number of hydrogen-bond donors (Lipinski definition) is 1. The number of carboxylic acid groups (broad SMARTS) is 1. The van der Waals surface area contributed by atoms with E-state index < -0.39 is 11.4 Å². The summed E-state index contributed by atoms with van der Waals surface area (Å²) >= 11 is 0. The second-order valence-electron chi connectivity index (χ2n) is 5.09. The van der Waals surface area contributed by atoms with Crippen molar-refractivity contribution in [3.05, 3.63) is 40.2 Å². The Labute approximate surface area is 121 Å². The Hall–Kier alpha value is -2.34. The van der Waals surface area contributed by atoms with Crippen LogP contribution < -0.4 is 10.3 Å². The van der Waals surface area contributed by atoms with Crippen molar-refractivity contribution in [3.8, 4) is 0 Å². The van der Waals surface area contributed by atoms with Crippen LogP contribution in [0.2, 0.25) is 0 Å². The minimum atomic E-state index is -1.20. The molecule has 0 spiro atoms. The highest BCUT2D eigenvalue weighted by Gasteiger charge is 2.16. The van der Waals surface area contributed by atoms with Gasteiger partial charge in [-0.3, -0.25) is 4.79 Å². The largest absolute Gasteiger partial charge is 0.477 e. The smallest absolute Gasteiger partial charge is 0.341 e. The monoisotopic (exact) mass is 288 g/mol. The molecule has 0 radical (unpaired) electrons. The zero-order valence-corrected chi connectivity index (χ0v) is 11.7. The van der Waals surface area contributed by atoms with E-state index in [1.54, 1.807) is 17.7 Å². The summed E-state index contributed by atoms with van der Waals surface area (Å²) in [6.07, 6.45) is 1.36. The molecule has 3 rings (SSSR count). The number of carboxylic acids is 1. The maximum absolute atomic E-state index is 12.3. The van der Waals surface area contributed by atoms with Crippen molar-refractivity contribution in [3.63, 3.8) is 0 Å². The molecule has 2 heterocycles. The fraction of sp³-hybridized carbons (Fsp3) is 0.333. The highest BCUT2D eigenvalue weighted by molar-refractivity contribution is 5.93. The van der Waals surface area contributed by atoms with Crippen LogP contribution in [0.15, 0.2) is 29.2 Å². The molecule has 0 aliphatic carbocycles. The normalized spacial score (nSPS) is 15.4. The summed E-state index contributed by atoms with van der Waals surface area (Å²) in [5.74, 6) is -1.20. The number of benzene rings is 1. The van der Waals surface area contributed by atoms with Crippen LogP contribution in [-0.4, -0.2) is 41.9 Å². The summed E-state index contributed by atoms with van der Waals surface area (Å²) < 4.78 is 6.99. The van der Waals surface area contributed by atoms with Gasteiger partial charge in [0.1, 0.15) is 5.56 Å². The Balaban J connectivity index is 2.17. The number of morpholine rings is 1. The number of carbonyl (C=O) groups is 1. The molecule has 110 valence electrons. The van der Waals surface area contributed by atoms with Gasteiger partial charge in [-0.05, 0) is 18.2 Å². The van der Waals surface area contributed by atoms with Gasteiger partial charge >= 0.3 is 5.97 Å². The van der Waals surface area contributed by atoms with Crippen LogP contribution in [0.25, 0.3) is 10.9 Å². The number of aromatic carboxylic acids is 1. The fourth-order valence-corrected chi connectivity index (χ4v) is 2.65. The molecule has 1 fully saturated rings. The third kappa shape index (κ3) is 2.38. The van der Waals surface area contributed by atoms with Crippen LogP contribution >= 0.6 is 0 Å². The number of hydrogen-bond acceptors (Lipinski definition) is 4. The van der Waals surface area contributed by atoms with E-state index in [9.17, 15) is 9.59 Å². The second kappa shape index (κ2) is 5.21. The third-order valence-corrected chi connectivity index (χ3v) is 3.78. The standard InChI is InChI=1S/C15H16N2O4/c1-16-9-12(15(19)20)14(18)11-8-10(2-3-13(11)16)17-4-6-21-7-5-17/h2-3,8-9H,4-7H2,1H3,(H,19,20). The van der Waals surface area contributed by atoms with Gasteiger partial charge in [-0.1, -0.05) is 0 Å². The molecule has 1 N–H and O–H groups in total. The summed E-state index contributed by atoms with van der Waals surface area (Å²) in [6.45, 7) is 2.85. The molecule has 0 bridgehead atoms. The number of aryl methyl sites for hydroxylation is 1. The summed E-state index contributed by atoms with van der Waals surface area (Å²) in [6, 6.07) is 5.58. The van der Waals surface area contributed by atoms with E-state index >= 15 is 0 Å². The average Bonchev–Trinajstić information content (AvgIpc) is 2.51. The molecule has 21 heavy (non-hydrogen) atoms. The number of pyridine rings is 1. The molecule has 1 aliphatic heterocycles. The Morgan fingerprint density at radius 1 is 1.29 bits per heavy atom. The number of nitrogens with zero attached hydrogens (tertiary/aromatic N) is 2. The van der Waals surface area contributed by atoms with Gasteiger partial charge < -0.3 is 19.3 Å². The van der Waals surface area contributed by atoms with Gasteiger partial charge in [0.2, 0.25) is 5.43 Å². The van der Waals surface area contributed by atoms with E-state index in [0.717, 1.165) is 24.3 Å². The lowest BCUT2D eigenvalue weighted by molar-refractivity contribution is 0.0695. The lowest BCUT2D eigenvalue weighted by atomic mass is 10.1. The first-order valence-electron chi connectivity index (χ1n) is 6.77. The molecular formula is C15H16N2O4. The second-order valence-corrected chi connectivity index (χ2v) is 5.09. The lowest BCUT2D eigenvalue weighted by Gasteiger charge is -2.29. The minimum Gasteiger partial charge on any atom is -0.477 e. The van der Waals surface area contributed by atoms with E-state index in [-0.39, 0.29) is 5.56 Å². The van der Waals surface area contributed by atoms with Gasteiger partial charge in [0.25, 0.3) is 0 Å². The van der Waals surface area contributed by atoms with Crippen molar-refractivity contribution in [2.75, 3.05) is 31.2 Å². The average molecular weight is 288 g/mol. The van der Waals surface area contributed by atoms with Crippen LogP contribution in [0.3, 0.4) is 0 Å². The van der Waals surface area contributed by atoms with E-state index in [0.29, 0.717) is 18.6 Å². The lowest BCUT2D eigenvalue weighted by Crippen LogP contribution is -2.36. The van der Waals surface area contributed by atoms with Crippen molar-refractivity contribution >= 4 is 22.6 Å². The van der Waals surface area contributed by atoms with Crippen LogP contribution in [0.5, 0.6) is 0 Å². The Morgan fingerprint density at radius 2 is 2.00 bits per heavy atom. The molecule has 6 heteroatoms. The minimum absolute atomic E-state index is 0.205. The van der Waals surface area contributed by atoms with E-state index in [2.05, 4.69) is 4.90 Å². The maximum Gasteiger partial charge on any atom is 0.341 e. The number of anilines is 1. The number of aromatic nitrogens is 1. The van der Waals surface area contributed by atoms with Crippen molar-refractivity contribution in [2.24, 2.45) is 7.05 Å². The van der Waals surface area contributed by atoms with Crippen molar-refractivity contribution in [1.29, 1.82) is 0 Å². The molecule has 0 saturated carbocycles. The van der Waals surface area contributed by atoms with Gasteiger partial charge in [-0.15, -0.1) is 0 Å².